The molecule has 0 bridgehead atoms. The zero-order valence-corrected chi connectivity index (χ0v) is 20.8. The minimum atomic E-state index is -4.62. The number of para-hydroxylation sites is 1. The van der Waals surface area contributed by atoms with Gasteiger partial charge in [-0.1, -0.05) is 39.0 Å². The number of hydrogen-bond donors (Lipinski definition) is 0. The van der Waals surface area contributed by atoms with E-state index in [-0.39, 0.29) is 22.8 Å². The lowest BCUT2D eigenvalue weighted by Gasteiger charge is -2.21. The summed E-state index contributed by atoms with van der Waals surface area (Å²) in [7, 11) is 1.88. The Morgan fingerprint density at radius 2 is 1.83 bits per heavy atom. The molecule has 1 aliphatic rings. The van der Waals surface area contributed by atoms with E-state index in [9.17, 15) is 18.0 Å². The van der Waals surface area contributed by atoms with Gasteiger partial charge in [0, 0.05) is 30.8 Å². The maximum Gasteiger partial charge on any atom is 0.416 e. The van der Waals surface area contributed by atoms with Gasteiger partial charge in [-0.3, -0.25) is 14.2 Å². The summed E-state index contributed by atoms with van der Waals surface area (Å²) in [4.78, 5) is 17.7. The molecule has 1 amide bonds. The lowest BCUT2D eigenvalue weighted by atomic mass is 9.92. The maximum absolute atomic E-state index is 13.5. The van der Waals surface area contributed by atoms with Gasteiger partial charge in [-0.15, -0.1) is 0 Å². The largest absolute Gasteiger partial charge is 0.457 e. The van der Waals surface area contributed by atoms with E-state index in [1.807, 2.05) is 37.2 Å². The molecule has 3 aromatic rings. The number of ether oxygens (including phenoxy) is 2. The highest BCUT2D eigenvalue weighted by molar-refractivity contribution is 5.98. The van der Waals surface area contributed by atoms with Crippen molar-refractivity contribution >= 4 is 5.91 Å². The fourth-order valence-electron chi connectivity index (χ4n) is 4.31. The summed E-state index contributed by atoms with van der Waals surface area (Å²) in [5.74, 6) is -0.422. The van der Waals surface area contributed by atoms with Gasteiger partial charge in [0.2, 0.25) is 0 Å². The van der Waals surface area contributed by atoms with Crippen LogP contribution < -0.4 is 10.2 Å². The Labute approximate surface area is 208 Å². The minimum Gasteiger partial charge on any atom is -0.457 e. The Morgan fingerprint density at radius 1 is 1.11 bits per heavy atom. The lowest BCUT2D eigenvalue weighted by molar-refractivity contribution is -0.137. The number of carbonyl (C=O) groups excluding carboxylic acids is 1. The maximum atomic E-state index is 13.5. The van der Waals surface area contributed by atoms with Gasteiger partial charge < -0.3 is 9.47 Å². The number of halogens is 3. The average molecular weight is 502 g/mol. The second kappa shape index (κ2) is 9.97. The number of benzene rings is 2. The van der Waals surface area contributed by atoms with Gasteiger partial charge in [-0.25, -0.2) is 0 Å². The van der Waals surface area contributed by atoms with Crippen molar-refractivity contribution in [1.29, 1.82) is 0 Å². The SMILES string of the molecule is Cn1c(C(C)(C)C)cc(=NC(=O)c2cc(C(F)(F)F)ccc2Oc2ccccc2)n1C[C@H]1CCCO1. The van der Waals surface area contributed by atoms with Crippen LogP contribution in [0.2, 0.25) is 0 Å². The van der Waals surface area contributed by atoms with Gasteiger partial charge in [0.25, 0.3) is 5.91 Å². The van der Waals surface area contributed by atoms with Gasteiger partial charge in [0.05, 0.1) is 23.8 Å². The van der Waals surface area contributed by atoms with E-state index in [2.05, 4.69) is 4.99 Å². The van der Waals surface area contributed by atoms with Crippen LogP contribution in [0.3, 0.4) is 0 Å². The molecular weight excluding hydrogens is 471 g/mol. The molecule has 9 heteroatoms. The molecule has 1 atom stereocenters. The summed E-state index contributed by atoms with van der Waals surface area (Å²) in [5, 5.41) is 0. The van der Waals surface area contributed by atoms with E-state index < -0.39 is 17.6 Å². The summed E-state index contributed by atoms with van der Waals surface area (Å²) in [6.07, 6.45) is -2.80. The van der Waals surface area contributed by atoms with Crippen LogP contribution in [0.5, 0.6) is 11.5 Å². The Balaban J connectivity index is 1.81. The molecule has 4 rings (SSSR count). The molecule has 1 fully saturated rings. The molecule has 0 spiro atoms. The summed E-state index contributed by atoms with van der Waals surface area (Å²) in [6, 6.07) is 13.2. The number of carbonyl (C=O) groups is 1. The van der Waals surface area contributed by atoms with E-state index in [1.54, 1.807) is 36.4 Å². The first-order chi connectivity index (χ1) is 16.9. The Morgan fingerprint density at radius 3 is 2.44 bits per heavy atom. The first kappa shape index (κ1) is 25.8. The van der Waals surface area contributed by atoms with Crippen LogP contribution in [0.4, 0.5) is 13.2 Å². The molecule has 192 valence electrons. The van der Waals surface area contributed by atoms with E-state index in [1.165, 1.54) is 0 Å². The number of hydrogen-bond acceptors (Lipinski definition) is 3. The number of alkyl halides is 3. The second-order valence-corrected chi connectivity index (χ2v) is 9.92. The Bertz CT molecular complexity index is 1300. The minimum absolute atomic E-state index is 0.000558. The quantitative estimate of drug-likeness (QED) is 0.440. The van der Waals surface area contributed by atoms with Gasteiger partial charge in [-0.2, -0.15) is 18.2 Å². The van der Waals surface area contributed by atoms with Crippen molar-refractivity contribution in [2.45, 2.75) is 57.9 Å². The first-order valence-electron chi connectivity index (χ1n) is 11.9. The molecule has 1 saturated heterocycles. The molecule has 1 aliphatic heterocycles. The van der Waals surface area contributed by atoms with Gasteiger partial charge in [0.15, 0.2) is 5.49 Å². The van der Waals surface area contributed by atoms with Crippen molar-refractivity contribution in [3.63, 3.8) is 0 Å². The highest BCUT2D eigenvalue weighted by atomic mass is 19.4. The molecule has 1 aromatic heterocycles. The number of amides is 1. The summed E-state index contributed by atoms with van der Waals surface area (Å²) in [6.45, 7) is 7.29. The van der Waals surface area contributed by atoms with Crippen molar-refractivity contribution in [3.05, 3.63) is 76.9 Å². The van der Waals surface area contributed by atoms with Crippen LogP contribution in [0.15, 0.2) is 59.6 Å². The van der Waals surface area contributed by atoms with Crippen molar-refractivity contribution in [2.75, 3.05) is 6.61 Å². The third-order valence-electron chi connectivity index (χ3n) is 6.13. The summed E-state index contributed by atoms with van der Waals surface area (Å²) < 4.78 is 55.8. The molecule has 2 aromatic carbocycles. The second-order valence-electron chi connectivity index (χ2n) is 9.92. The molecule has 0 aliphatic carbocycles. The van der Waals surface area contributed by atoms with E-state index in [0.717, 1.165) is 36.7 Å². The van der Waals surface area contributed by atoms with Gasteiger partial charge >= 0.3 is 6.18 Å². The predicted octanol–water partition coefficient (Wildman–Crippen LogP) is 5.86. The molecule has 0 radical (unpaired) electrons. The predicted molar refractivity (Wildman–Crippen MR) is 129 cm³/mol. The Hall–Kier alpha value is -3.33. The van der Waals surface area contributed by atoms with E-state index in [0.29, 0.717) is 24.4 Å². The first-order valence-corrected chi connectivity index (χ1v) is 11.9. The van der Waals surface area contributed by atoms with Crippen LogP contribution in [0.25, 0.3) is 0 Å². The van der Waals surface area contributed by atoms with Crippen LogP contribution in [-0.4, -0.2) is 28.0 Å². The van der Waals surface area contributed by atoms with Crippen molar-refractivity contribution in [3.8, 4) is 11.5 Å². The number of rotatable bonds is 5. The average Bonchev–Trinajstić information content (AvgIpc) is 3.43. The van der Waals surface area contributed by atoms with Crippen LogP contribution in [0.1, 0.15) is 55.2 Å². The van der Waals surface area contributed by atoms with Crippen molar-refractivity contribution < 1.29 is 27.4 Å². The third-order valence-corrected chi connectivity index (χ3v) is 6.13. The fourth-order valence-corrected chi connectivity index (χ4v) is 4.31. The van der Waals surface area contributed by atoms with Crippen molar-refractivity contribution in [1.82, 2.24) is 9.36 Å². The van der Waals surface area contributed by atoms with E-state index >= 15 is 0 Å². The molecule has 2 heterocycles. The lowest BCUT2D eigenvalue weighted by Crippen LogP contribution is -2.30. The molecule has 6 nitrogen and oxygen atoms in total. The molecule has 0 N–H and O–H groups in total. The Kier molecular flexibility index (Phi) is 7.13. The number of aromatic nitrogens is 2. The summed E-state index contributed by atoms with van der Waals surface area (Å²) >= 11 is 0. The van der Waals surface area contributed by atoms with Crippen LogP contribution in [-0.2, 0) is 29.9 Å². The third kappa shape index (κ3) is 5.73. The van der Waals surface area contributed by atoms with Gasteiger partial charge in [-0.05, 0) is 43.2 Å². The smallest absolute Gasteiger partial charge is 0.416 e. The number of nitrogens with zero attached hydrogens (tertiary/aromatic N) is 3. The monoisotopic (exact) mass is 501 g/mol. The van der Waals surface area contributed by atoms with Crippen molar-refractivity contribution in [2.24, 2.45) is 12.0 Å². The highest BCUT2D eigenvalue weighted by Crippen LogP contribution is 2.34. The van der Waals surface area contributed by atoms with Crippen LogP contribution >= 0.6 is 0 Å². The van der Waals surface area contributed by atoms with Crippen LogP contribution in [0, 0.1) is 0 Å². The standard InChI is InChI=1S/C27H30F3N3O3/c1-26(2,3)23-16-24(33(32(23)4)17-20-11-8-14-35-20)31-25(34)21-15-18(27(28,29)30)12-13-22(21)36-19-9-6-5-7-10-19/h5-7,9-10,12-13,15-16,20H,8,11,14,17H2,1-4H3/t20-/m1/s1. The fraction of sp³-hybridized carbons (Fsp3) is 0.407. The summed E-state index contributed by atoms with van der Waals surface area (Å²) in [5.41, 5.74) is -0.180. The van der Waals surface area contributed by atoms with E-state index in [4.69, 9.17) is 9.47 Å². The molecule has 0 unspecified atom stereocenters. The van der Waals surface area contributed by atoms with Gasteiger partial charge in [0.1, 0.15) is 11.5 Å². The molecular formula is C27H30F3N3O3. The molecule has 36 heavy (non-hydrogen) atoms. The normalized spacial score (nSPS) is 17.0. The highest BCUT2D eigenvalue weighted by Gasteiger charge is 2.32. The zero-order valence-electron chi connectivity index (χ0n) is 20.8. The molecule has 0 saturated carbocycles. The zero-order chi connectivity index (χ0) is 26.1. The topological polar surface area (TPSA) is 57.8 Å².